The number of halogens is 1. The molecule has 0 bridgehead atoms. The molecule has 0 spiro atoms. The van der Waals surface area contributed by atoms with Crippen molar-refractivity contribution in [3.05, 3.63) is 24.0 Å². The Morgan fingerprint density at radius 1 is 1.35 bits per heavy atom. The number of benzene rings is 1. The van der Waals surface area contributed by atoms with Gasteiger partial charge in [-0.25, -0.2) is 12.8 Å². The van der Waals surface area contributed by atoms with Crippen LogP contribution in [0.15, 0.2) is 23.1 Å². The number of rotatable bonds is 6. The molecule has 0 fully saturated rings. The summed E-state index contributed by atoms with van der Waals surface area (Å²) in [6, 6.07) is 3.24. The molecule has 0 radical (unpaired) electrons. The smallest absolute Gasteiger partial charge is 0.247 e. The average Bonchev–Trinajstić information content (AvgIpc) is 2.42. The highest BCUT2D eigenvalue weighted by Gasteiger charge is 2.29. The van der Waals surface area contributed by atoms with Crippen LogP contribution in [0.5, 0.6) is 5.75 Å². The first-order valence-electron chi connectivity index (χ1n) is 7.16. The molecule has 0 heterocycles. The normalized spacial score (nSPS) is 12.3. The molecule has 1 N–H and O–H groups in total. The van der Waals surface area contributed by atoms with E-state index >= 15 is 0 Å². The van der Waals surface area contributed by atoms with Crippen LogP contribution in [-0.4, -0.2) is 44.4 Å². The number of hydrogen-bond donors (Lipinski definition) is 1. The van der Waals surface area contributed by atoms with Gasteiger partial charge >= 0.3 is 0 Å². The molecule has 1 rings (SSSR count). The Balaban J connectivity index is 3.14. The summed E-state index contributed by atoms with van der Waals surface area (Å²) in [6.07, 6.45) is 0. The van der Waals surface area contributed by atoms with Crippen molar-refractivity contribution >= 4 is 15.9 Å². The maximum absolute atomic E-state index is 13.4. The first-order valence-corrected chi connectivity index (χ1v) is 8.60. The second-order valence-electron chi connectivity index (χ2n) is 6.02. The lowest BCUT2D eigenvalue weighted by Gasteiger charge is -2.25. The Labute approximate surface area is 136 Å². The van der Waals surface area contributed by atoms with E-state index in [4.69, 9.17) is 4.74 Å². The lowest BCUT2D eigenvalue weighted by molar-refractivity contribution is -0.122. The number of hydrogen-bond acceptors (Lipinski definition) is 4. The third-order valence-electron chi connectivity index (χ3n) is 2.93. The van der Waals surface area contributed by atoms with Gasteiger partial charge in [0.2, 0.25) is 15.9 Å². The molecule has 0 aliphatic heterocycles. The highest BCUT2D eigenvalue weighted by molar-refractivity contribution is 7.89. The Morgan fingerprint density at radius 2 is 1.96 bits per heavy atom. The molecule has 1 amide bonds. The van der Waals surface area contributed by atoms with Gasteiger partial charge in [0.05, 0.1) is 13.7 Å². The second-order valence-corrected chi connectivity index (χ2v) is 7.93. The van der Waals surface area contributed by atoms with E-state index in [2.05, 4.69) is 5.32 Å². The first kappa shape index (κ1) is 19.4. The number of methoxy groups -OCH3 is 1. The van der Waals surface area contributed by atoms with Crippen molar-refractivity contribution in [2.24, 2.45) is 0 Å². The summed E-state index contributed by atoms with van der Waals surface area (Å²) in [4.78, 5) is 11.7. The number of sulfonamides is 1. The fraction of sp³-hybridized carbons (Fsp3) is 0.533. The Morgan fingerprint density at radius 3 is 2.43 bits per heavy atom. The Kier molecular flexibility index (Phi) is 6.12. The van der Waals surface area contributed by atoms with Gasteiger partial charge in [-0.05, 0) is 39.0 Å². The number of nitrogens with one attached hydrogen (secondary N) is 1. The van der Waals surface area contributed by atoms with Crippen LogP contribution in [0.3, 0.4) is 0 Å². The van der Waals surface area contributed by atoms with Crippen molar-refractivity contribution in [2.75, 3.05) is 20.2 Å². The van der Waals surface area contributed by atoms with Crippen LogP contribution in [0.4, 0.5) is 4.39 Å². The maximum Gasteiger partial charge on any atom is 0.247 e. The summed E-state index contributed by atoms with van der Waals surface area (Å²) in [5.74, 6) is -1.10. The standard InChI is InChI=1S/C15H23FN2O4S/c1-6-18(10-14(19)17-15(2,3)4)23(20,21)13-9-11(16)7-8-12(13)22-5/h7-9H,6,10H2,1-5H3,(H,17,19). The SMILES string of the molecule is CCN(CC(=O)NC(C)(C)C)S(=O)(=O)c1cc(F)ccc1OC. The summed E-state index contributed by atoms with van der Waals surface area (Å²) in [5.41, 5.74) is -0.475. The molecule has 0 saturated heterocycles. The Bertz CT molecular complexity index is 669. The van der Waals surface area contributed by atoms with Crippen molar-refractivity contribution in [3.8, 4) is 5.75 Å². The number of carbonyl (C=O) groups is 1. The molecule has 0 atom stereocenters. The molecule has 1 aromatic carbocycles. The van der Waals surface area contributed by atoms with E-state index in [-0.39, 0.29) is 23.7 Å². The summed E-state index contributed by atoms with van der Waals surface area (Å²) >= 11 is 0. The van der Waals surface area contributed by atoms with Crippen LogP contribution in [0.2, 0.25) is 0 Å². The molecular weight excluding hydrogens is 323 g/mol. The molecular formula is C15H23FN2O4S. The van der Waals surface area contributed by atoms with Gasteiger partial charge < -0.3 is 10.1 Å². The fourth-order valence-electron chi connectivity index (χ4n) is 1.98. The van der Waals surface area contributed by atoms with Crippen molar-refractivity contribution in [1.82, 2.24) is 9.62 Å². The average molecular weight is 346 g/mol. The highest BCUT2D eigenvalue weighted by Crippen LogP contribution is 2.27. The van der Waals surface area contributed by atoms with Crippen LogP contribution >= 0.6 is 0 Å². The third kappa shape index (κ3) is 5.18. The number of nitrogens with zero attached hydrogens (tertiary/aromatic N) is 1. The third-order valence-corrected chi connectivity index (χ3v) is 4.87. The molecule has 0 aliphatic carbocycles. The maximum atomic E-state index is 13.4. The van der Waals surface area contributed by atoms with Gasteiger partial charge in [-0.3, -0.25) is 4.79 Å². The summed E-state index contributed by atoms with van der Waals surface area (Å²) < 4.78 is 44.8. The minimum absolute atomic E-state index is 0.0288. The van der Waals surface area contributed by atoms with Crippen LogP contribution in [0.1, 0.15) is 27.7 Å². The molecule has 8 heteroatoms. The van der Waals surface area contributed by atoms with E-state index in [0.717, 1.165) is 16.4 Å². The zero-order chi connectivity index (χ0) is 17.8. The van der Waals surface area contributed by atoms with Crippen LogP contribution in [0, 0.1) is 5.82 Å². The minimum atomic E-state index is -4.06. The van der Waals surface area contributed by atoms with Crippen LogP contribution in [-0.2, 0) is 14.8 Å². The minimum Gasteiger partial charge on any atom is -0.495 e. The highest BCUT2D eigenvalue weighted by atomic mass is 32.2. The van der Waals surface area contributed by atoms with Gasteiger partial charge in [-0.2, -0.15) is 4.31 Å². The largest absolute Gasteiger partial charge is 0.495 e. The molecule has 0 saturated carbocycles. The molecule has 1 aromatic rings. The predicted octanol–water partition coefficient (Wildman–Crippen LogP) is 1.76. The van der Waals surface area contributed by atoms with Crippen molar-refractivity contribution in [3.63, 3.8) is 0 Å². The van der Waals surface area contributed by atoms with Gasteiger partial charge in [0.15, 0.2) is 0 Å². The van der Waals surface area contributed by atoms with Gasteiger partial charge in [-0.15, -0.1) is 0 Å². The van der Waals surface area contributed by atoms with E-state index in [1.165, 1.54) is 13.2 Å². The van der Waals surface area contributed by atoms with E-state index in [0.29, 0.717) is 0 Å². The van der Waals surface area contributed by atoms with Gasteiger partial charge in [0, 0.05) is 12.1 Å². The molecule has 23 heavy (non-hydrogen) atoms. The molecule has 0 unspecified atom stereocenters. The number of carbonyl (C=O) groups excluding carboxylic acids is 1. The van der Waals surface area contributed by atoms with Gasteiger partial charge in [0.25, 0.3) is 0 Å². The number of ether oxygens (including phenoxy) is 1. The van der Waals surface area contributed by atoms with Gasteiger partial charge in [-0.1, -0.05) is 6.92 Å². The van der Waals surface area contributed by atoms with E-state index in [9.17, 15) is 17.6 Å². The number of likely N-dealkylation sites (N-methyl/N-ethyl adjacent to an activating group) is 1. The summed E-state index contributed by atoms with van der Waals surface area (Å²) in [7, 11) is -2.76. The van der Waals surface area contributed by atoms with Crippen LogP contribution < -0.4 is 10.1 Å². The molecule has 0 aliphatic rings. The van der Waals surface area contributed by atoms with Crippen molar-refractivity contribution in [1.29, 1.82) is 0 Å². The monoisotopic (exact) mass is 346 g/mol. The topological polar surface area (TPSA) is 75.7 Å². The predicted molar refractivity (Wildman–Crippen MR) is 85.3 cm³/mol. The molecule has 130 valence electrons. The lowest BCUT2D eigenvalue weighted by Crippen LogP contribution is -2.47. The summed E-state index contributed by atoms with van der Waals surface area (Å²) in [6.45, 7) is 6.71. The summed E-state index contributed by atoms with van der Waals surface area (Å²) in [5, 5.41) is 2.70. The zero-order valence-corrected chi connectivity index (χ0v) is 14.8. The molecule has 0 aromatic heterocycles. The fourth-order valence-corrected chi connectivity index (χ4v) is 3.55. The number of amides is 1. The lowest BCUT2D eigenvalue weighted by atomic mass is 10.1. The van der Waals surface area contributed by atoms with Crippen molar-refractivity contribution < 1.29 is 22.3 Å². The first-order chi connectivity index (χ1) is 10.5. The van der Waals surface area contributed by atoms with Gasteiger partial charge in [0.1, 0.15) is 16.5 Å². The second kappa shape index (κ2) is 7.27. The zero-order valence-electron chi connectivity index (χ0n) is 14.0. The van der Waals surface area contributed by atoms with E-state index < -0.39 is 27.3 Å². The molecule has 6 nitrogen and oxygen atoms in total. The van der Waals surface area contributed by atoms with E-state index in [1.807, 2.05) is 0 Å². The quantitative estimate of drug-likeness (QED) is 0.852. The van der Waals surface area contributed by atoms with E-state index in [1.54, 1.807) is 27.7 Å². The Hall–Kier alpha value is -1.67. The van der Waals surface area contributed by atoms with Crippen molar-refractivity contribution in [2.45, 2.75) is 38.1 Å². The van der Waals surface area contributed by atoms with Crippen LogP contribution in [0.25, 0.3) is 0 Å².